The average Bonchev–Trinajstić information content (AvgIpc) is 3.28. The summed E-state index contributed by atoms with van der Waals surface area (Å²) in [4.78, 5) is 16.9. The topological polar surface area (TPSA) is 65.2 Å². The molecule has 28 heavy (non-hydrogen) atoms. The van der Waals surface area contributed by atoms with E-state index in [-0.39, 0.29) is 12.2 Å². The number of carbonyl (C=O) groups excluding carboxylic acids is 1. The van der Waals surface area contributed by atoms with Crippen molar-refractivity contribution < 1.29 is 14.1 Å². The quantitative estimate of drug-likeness (QED) is 0.440. The minimum absolute atomic E-state index is 0.00821. The Morgan fingerprint density at radius 1 is 0.929 bits per heavy atom. The van der Waals surface area contributed by atoms with Gasteiger partial charge in [-0.15, -0.1) is 0 Å². The van der Waals surface area contributed by atoms with Crippen LogP contribution in [0, 0.1) is 0 Å². The van der Waals surface area contributed by atoms with Gasteiger partial charge in [0.25, 0.3) is 0 Å². The summed E-state index contributed by atoms with van der Waals surface area (Å²) in [5, 5.41) is 3.75. The second-order valence-corrected chi connectivity index (χ2v) is 6.35. The van der Waals surface area contributed by atoms with Gasteiger partial charge in [-0.3, -0.25) is 9.78 Å². The number of benzene rings is 2. The van der Waals surface area contributed by atoms with Crippen LogP contribution >= 0.6 is 0 Å². The van der Waals surface area contributed by atoms with Gasteiger partial charge in [0.15, 0.2) is 5.78 Å². The molecule has 2 aromatic heterocycles. The molecule has 0 saturated heterocycles. The Labute approximate surface area is 162 Å². The summed E-state index contributed by atoms with van der Waals surface area (Å²) in [7, 11) is 0. The highest BCUT2D eigenvalue weighted by molar-refractivity contribution is 6.00. The van der Waals surface area contributed by atoms with Crippen molar-refractivity contribution in [3.8, 4) is 16.9 Å². The first-order valence-corrected chi connectivity index (χ1v) is 8.92. The molecule has 0 aliphatic carbocycles. The minimum atomic E-state index is -0.00821. The lowest BCUT2D eigenvalue weighted by Gasteiger charge is -2.13. The molecular formula is C23H18N2O3. The molecule has 5 nitrogen and oxygen atoms in total. The molecule has 4 aromatic rings. The molecule has 0 aliphatic rings. The fraction of sp³-hybridized carbons (Fsp3) is 0.0870. The Balaban J connectivity index is 1.63. The van der Waals surface area contributed by atoms with Crippen molar-refractivity contribution in [2.45, 2.75) is 13.0 Å². The Morgan fingerprint density at radius 3 is 2.50 bits per heavy atom. The van der Waals surface area contributed by atoms with Crippen molar-refractivity contribution in [2.75, 3.05) is 0 Å². The second kappa shape index (κ2) is 8.31. The Morgan fingerprint density at radius 2 is 1.75 bits per heavy atom. The maximum atomic E-state index is 12.9. The molecule has 2 aromatic carbocycles. The average molecular weight is 370 g/mol. The van der Waals surface area contributed by atoms with Crippen LogP contribution in [0.25, 0.3) is 11.1 Å². The van der Waals surface area contributed by atoms with Gasteiger partial charge in [-0.05, 0) is 41.0 Å². The first-order chi connectivity index (χ1) is 13.8. The van der Waals surface area contributed by atoms with Crippen LogP contribution in [0.15, 0.2) is 90.0 Å². The molecule has 4 rings (SSSR count). The molecule has 0 aliphatic heterocycles. The van der Waals surface area contributed by atoms with E-state index in [1.54, 1.807) is 30.9 Å². The van der Waals surface area contributed by atoms with Crippen LogP contribution in [0.1, 0.15) is 21.5 Å². The van der Waals surface area contributed by atoms with Gasteiger partial charge in [0, 0.05) is 24.4 Å². The molecule has 0 unspecified atom stereocenters. The van der Waals surface area contributed by atoms with E-state index >= 15 is 0 Å². The van der Waals surface area contributed by atoms with Crippen molar-refractivity contribution in [3.63, 3.8) is 0 Å². The van der Waals surface area contributed by atoms with E-state index in [0.29, 0.717) is 17.9 Å². The summed E-state index contributed by atoms with van der Waals surface area (Å²) in [6.07, 6.45) is 6.86. The van der Waals surface area contributed by atoms with Crippen LogP contribution in [0.4, 0.5) is 0 Å². The third-order valence-corrected chi connectivity index (χ3v) is 4.40. The van der Waals surface area contributed by atoms with Gasteiger partial charge < -0.3 is 9.26 Å². The number of ketones is 1. The van der Waals surface area contributed by atoms with Crippen molar-refractivity contribution in [3.05, 3.63) is 102 Å². The van der Waals surface area contributed by atoms with Crippen molar-refractivity contribution >= 4 is 5.78 Å². The molecule has 0 N–H and O–H groups in total. The van der Waals surface area contributed by atoms with Gasteiger partial charge in [0.1, 0.15) is 18.6 Å². The molecule has 2 heterocycles. The van der Waals surface area contributed by atoms with Crippen LogP contribution in [0.3, 0.4) is 0 Å². The fourth-order valence-electron chi connectivity index (χ4n) is 2.92. The first-order valence-electron chi connectivity index (χ1n) is 8.92. The van der Waals surface area contributed by atoms with E-state index in [0.717, 1.165) is 22.3 Å². The molecule has 0 fully saturated rings. The first kappa shape index (κ1) is 17.7. The van der Waals surface area contributed by atoms with E-state index in [4.69, 9.17) is 9.26 Å². The van der Waals surface area contributed by atoms with Crippen LogP contribution in [0.5, 0.6) is 5.75 Å². The molecule has 0 spiro atoms. The summed E-state index contributed by atoms with van der Waals surface area (Å²) in [6.45, 7) is 0.378. The molecule has 0 saturated carbocycles. The zero-order valence-electron chi connectivity index (χ0n) is 15.1. The largest absolute Gasteiger partial charge is 0.488 e. The number of ether oxygens (including phenoxy) is 1. The summed E-state index contributed by atoms with van der Waals surface area (Å²) in [5.41, 5.74) is 4.21. The smallest absolute Gasteiger partial charge is 0.170 e. The standard InChI is InChI=1S/C23H18N2O3/c26-22(12-17-8-10-24-11-9-17)21-7-6-19(20-14-25-28-16-20)13-23(21)27-15-18-4-2-1-3-5-18/h1-11,13-14,16H,12,15H2. The Bertz CT molecular complexity index is 1050. The normalized spacial score (nSPS) is 10.6. The molecule has 0 radical (unpaired) electrons. The van der Waals surface area contributed by atoms with Gasteiger partial charge in [-0.1, -0.05) is 41.6 Å². The van der Waals surface area contributed by atoms with Gasteiger partial charge >= 0.3 is 0 Å². The van der Waals surface area contributed by atoms with Crippen LogP contribution < -0.4 is 4.74 Å². The molecule has 0 bridgehead atoms. The number of aromatic nitrogens is 2. The van der Waals surface area contributed by atoms with Crippen LogP contribution in [-0.2, 0) is 13.0 Å². The highest BCUT2D eigenvalue weighted by Crippen LogP contribution is 2.29. The summed E-state index contributed by atoms with van der Waals surface area (Å²) in [6, 6.07) is 19.1. The molecular weight excluding hydrogens is 352 g/mol. The van der Waals surface area contributed by atoms with Crippen molar-refractivity contribution in [1.82, 2.24) is 10.1 Å². The molecule has 138 valence electrons. The second-order valence-electron chi connectivity index (χ2n) is 6.35. The van der Waals surface area contributed by atoms with Crippen molar-refractivity contribution in [1.29, 1.82) is 0 Å². The molecule has 5 heteroatoms. The van der Waals surface area contributed by atoms with E-state index in [1.807, 2.05) is 54.6 Å². The number of pyridine rings is 1. The lowest BCUT2D eigenvalue weighted by molar-refractivity contribution is 0.0988. The number of hydrogen-bond acceptors (Lipinski definition) is 5. The predicted molar refractivity (Wildman–Crippen MR) is 105 cm³/mol. The Kier molecular flexibility index (Phi) is 5.24. The van der Waals surface area contributed by atoms with Crippen LogP contribution in [0.2, 0.25) is 0 Å². The fourth-order valence-corrected chi connectivity index (χ4v) is 2.92. The molecule has 0 atom stereocenters. The van der Waals surface area contributed by atoms with Crippen molar-refractivity contribution in [2.24, 2.45) is 0 Å². The van der Waals surface area contributed by atoms with Gasteiger partial charge in [-0.2, -0.15) is 0 Å². The predicted octanol–water partition coefficient (Wildman–Crippen LogP) is 4.74. The Hall–Kier alpha value is -3.73. The third kappa shape index (κ3) is 4.15. The molecule has 0 amide bonds. The lowest BCUT2D eigenvalue weighted by Crippen LogP contribution is -2.07. The van der Waals surface area contributed by atoms with E-state index < -0.39 is 0 Å². The van der Waals surface area contributed by atoms with Gasteiger partial charge in [0.2, 0.25) is 0 Å². The number of hydrogen-bond donors (Lipinski definition) is 0. The number of rotatable bonds is 7. The zero-order valence-corrected chi connectivity index (χ0v) is 15.1. The monoisotopic (exact) mass is 370 g/mol. The SMILES string of the molecule is O=C(Cc1ccncc1)c1ccc(-c2cnoc2)cc1OCc1ccccc1. The van der Waals surface area contributed by atoms with Gasteiger partial charge in [0.05, 0.1) is 11.8 Å². The highest BCUT2D eigenvalue weighted by Gasteiger charge is 2.15. The maximum absolute atomic E-state index is 12.9. The zero-order chi connectivity index (χ0) is 19.2. The number of carbonyl (C=O) groups is 1. The summed E-state index contributed by atoms with van der Waals surface area (Å²) >= 11 is 0. The third-order valence-electron chi connectivity index (χ3n) is 4.40. The van der Waals surface area contributed by atoms with E-state index in [1.165, 1.54) is 0 Å². The van der Waals surface area contributed by atoms with Gasteiger partial charge in [-0.25, -0.2) is 0 Å². The minimum Gasteiger partial charge on any atom is -0.488 e. The van der Waals surface area contributed by atoms with Crippen LogP contribution in [-0.4, -0.2) is 15.9 Å². The highest BCUT2D eigenvalue weighted by atomic mass is 16.5. The van der Waals surface area contributed by atoms with E-state index in [9.17, 15) is 4.79 Å². The summed E-state index contributed by atoms with van der Waals surface area (Å²) in [5.74, 6) is 0.535. The maximum Gasteiger partial charge on any atom is 0.170 e. The number of Topliss-reactive ketones (excluding diaryl/α,β-unsaturated/α-hetero) is 1. The van der Waals surface area contributed by atoms with E-state index in [2.05, 4.69) is 10.1 Å². The summed E-state index contributed by atoms with van der Waals surface area (Å²) < 4.78 is 11.0. The number of nitrogens with zero attached hydrogens (tertiary/aromatic N) is 2. The lowest BCUT2D eigenvalue weighted by atomic mass is 10.00.